The van der Waals surface area contributed by atoms with Crippen molar-refractivity contribution in [3.8, 4) is 11.5 Å². The number of methoxy groups -OCH3 is 1. The maximum atomic E-state index is 12.2. The number of amides is 2. The van der Waals surface area contributed by atoms with Gasteiger partial charge < -0.3 is 9.47 Å². The largest absolute Gasteiger partial charge is 0.497 e. The van der Waals surface area contributed by atoms with Gasteiger partial charge in [-0.2, -0.15) is 0 Å². The van der Waals surface area contributed by atoms with Crippen LogP contribution in [0.2, 0.25) is 0 Å². The Labute approximate surface area is 181 Å². The Morgan fingerprint density at radius 1 is 1.00 bits per heavy atom. The van der Waals surface area contributed by atoms with Crippen LogP contribution in [0, 0.1) is 5.92 Å². The van der Waals surface area contributed by atoms with Crippen LogP contribution in [-0.4, -0.2) is 30.6 Å². The van der Waals surface area contributed by atoms with Gasteiger partial charge in [-0.15, -0.1) is 0 Å². The predicted molar refractivity (Wildman–Crippen MR) is 120 cm³/mol. The lowest BCUT2D eigenvalue weighted by Gasteiger charge is -2.11. The lowest BCUT2D eigenvalue weighted by Crippen LogP contribution is -2.48. The van der Waals surface area contributed by atoms with Gasteiger partial charge in [0.25, 0.3) is 5.91 Å². The monoisotopic (exact) mass is 427 g/mol. The Hall–Kier alpha value is -3.39. The Kier molecular flexibility index (Phi) is 8.83. The number of hydrogen-bond donors (Lipinski definition) is 3. The van der Waals surface area contributed by atoms with E-state index in [1.54, 1.807) is 49.6 Å². The van der Waals surface area contributed by atoms with Crippen molar-refractivity contribution >= 4 is 35.2 Å². The van der Waals surface area contributed by atoms with Gasteiger partial charge in [0.1, 0.15) is 11.5 Å². The zero-order chi connectivity index (χ0) is 21.9. The highest BCUT2D eigenvalue weighted by Gasteiger charge is 2.07. The molecule has 30 heavy (non-hydrogen) atoms. The molecular weight excluding hydrogens is 402 g/mol. The third kappa shape index (κ3) is 7.92. The standard InChI is InChI=1S/C22H25N3O4S/c1-15(2)14-29-19-11-7-17(8-12-19)21(27)24-25-22(30)23-20(26)13-6-16-4-9-18(28-3)10-5-16/h4-13,15H,14H2,1-3H3,(H,24,27)(H2,23,25,26,30)/b13-6+. The molecule has 2 rings (SSSR count). The van der Waals surface area contributed by atoms with Crippen LogP contribution in [-0.2, 0) is 4.79 Å². The van der Waals surface area contributed by atoms with E-state index in [1.165, 1.54) is 6.08 Å². The first-order valence-electron chi connectivity index (χ1n) is 9.33. The van der Waals surface area contributed by atoms with Crippen molar-refractivity contribution in [3.05, 3.63) is 65.7 Å². The second kappa shape index (κ2) is 11.6. The van der Waals surface area contributed by atoms with Crippen LogP contribution in [0.25, 0.3) is 6.08 Å². The fourth-order valence-electron chi connectivity index (χ4n) is 2.22. The number of carbonyl (C=O) groups excluding carboxylic acids is 2. The molecule has 0 aliphatic heterocycles. The number of hydrogen-bond acceptors (Lipinski definition) is 5. The minimum atomic E-state index is -0.427. The number of benzene rings is 2. The number of rotatable bonds is 7. The first-order valence-corrected chi connectivity index (χ1v) is 9.74. The maximum absolute atomic E-state index is 12.2. The summed E-state index contributed by atoms with van der Waals surface area (Å²) in [5.41, 5.74) is 6.19. The van der Waals surface area contributed by atoms with Gasteiger partial charge in [-0.3, -0.25) is 25.8 Å². The number of thiocarbonyl (C=S) groups is 1. The fraction of sp³-hybridized carbons (Fsp3) is 0.227. The van der Waals surface area contributed by atoms with Crippen LogP contribution in [0.1, 0.15) is 29.8 Å². The summed E-state index contributed by atoms with van der Waals surface area (Å²) in [6.07, 6.45) is 2.98. The second-order valence-electron chi connectivity index (χ2n) is 6.73. The van der Waals surface area contributed by atoms with E-state index in [9.17, 15) is 9.59 Å². The van der Waals surface area contributed by atoms with Gasteiger partial charge in [0.2, 0.25) is 5.91 Å². The van der Waals surface area contributed by atoms with Crippen LogP contribution in [0.5, 0.6) is 11.5 Å². The lowest BCUT2D eigenvalue weighted by atomic mass is 10.2. The molecule has 0 fully saturated rings. The van der Waals surface area contributed by atoms with Gasteiger partial charge in [0.05, 0.1) is 13.7 Å². The Morgan fingerprint density at radius 2 is 1.63 bits per heavy atom. The fourth-order valence-corrected chi connectivity index (χ4v) is 2.37. The van der Waals surface area contributed by atoms with Gasteiger partial charge in [-0.25, -0.2) is 0 Å². The summed E-state index contributed by atoms with van der Waals surface area (Å²) in [6.45, 7) is 4.72. The van der Waals surface area contributed by atoms with E-state index in [0.717, 1.165) is 11.3 Å². The molecule has 2 aromatic carbocycles. The molecule has 0 bridgehead atoms. The van der Waals surface area contributed by atoms with Crippen molar-refractivity contribution in [3.63, 3.8) is 0 Å². The molecule has 0 atom stereocenters. The molecule has 2 aromatic rings. The van der Waals surface area contributed by atoms with Crippen LogP contribution >= 0.6 is 12.2 Å². The molecule has 3 N–H and O–H groups in total. The van der Waals surface area contributed by atoms with Crippen molar-refractivity contribution in [2.24, 2.45) is 5.92 Å². The van der Waals surface area contributed by atoms with Crippen molar-refractivity contribution in [1.82, 2.24) is 16.2 Å². The molecule has 0 unspecified atom stereocenters. The highest BCUT2D eigenvalue weighted by molar-refractivity contribution is 7.80. The Balaban J connectivity index is 1.76. The van der Waals surface area contributed by atoms with Crippen molar-refractivity contribution < 1.29 is 19.1 Å². The smallest absolute Gasteiger partial charge is 0.269 e. The van der Waals surface area contributed by atoms with Gasteiger partial charge in [-0.05, 0) is 66.2 Å². The van der Waals surface area contributed by atoms with E-state index in [4.69, 9.17) is 21.7 Å². The molecular formula is C22H25N3O4S. The minimum Gasteiger partial charge on any atom is -0.497 e. The SMILES string of the molecule is COc1ccc(/C=C/C(=O)NC(=S)NNC(=O)c2ccc(OCC(C)C)cc2)cc1. The average molecular weight is 428 g/mol. The number of ether oxygens (including phenoxy) is 2. The van der Waals surface area contributed by atoms with E-state index in [-0.39, 0.29) is 5.11 Å². The molecule has 0 aromatic heterocycles. The Bertz CT molecular complexity index is 894. The summed E-state index contributed by atoms with van der Waals surface area (Å²) in [5, 5.41) is 2.43. The van der Waals surface area contributed by atoms with Crippen molar-refractivity contribution in [2.75, 3.05) is 13.7 Å². The first kappa shape index (κ1) is 22.9. The molecule has 158 valence electrons. The molecule has 8 heteroatoms. The van der Waals surface area contributed by atoms with E-state index >= 15 is 0 Å². The molecule has 0 saturated carbocycles. The third-order valence-electron chi connectivity index (χ3n) is 3.77. The number of carbonyl (C=O) groups is 2. The molecule has 0 spiro atoms. The molecule has 7 nitrogen and oxygen atoms in total. The van der Waals surface area contributed by atoms with Crippen molar-refractivity contribution in [2.45, 2.75) is 13.8 Å². The molecule has 0 aliphatic carbocycles. The summed E-state index contributed by atoms with van der Waals surface area (Å²) >= 11 is 5.01. The zero-order valence-electron chi connectivity index (χ0n) is 17.1. The summed E-state index contributed by atoms with van der Waals surface area (Å²) in [7, 11) is 1.59. The highest BCUT2D eigenvalue weighted by atomic mass is 32.1. The van der Waals surface area contributed by atoms with Crippen LogP contribution in [0.3, 0.4) is 0 Å². The quantitative estimate of drug-likeness (QED) is 0.358. The highest BCUT2D eigenvalue weighted by Crippen LogP contribution is 2.13. The molecule has 2 amide bonds. The van der Waals surface area contributed by atoms with E-state index in [2.05, 4.69) is 30.0 Å². The van der Waals surface area contributed by atoms with Gasteiger partial charge in [0, 0.05) is 11.6 Å². The van der Waals surface area contributed by atoms with Crippen LogP contribution in [0.4, 0.5) is 0 Å². The predicted octanol–water partition coefficient (Wildman–Crippen LogP) is 3.08. The van der Waals surface area contributed by atoms with Crippen molar-refractivity contribution in [1.29, 1.82) is 0 Å². The van der Waals surface area contributed by atoms with Gasteiger partial charge in [-0.1, -0.05) is 26.0 Å². The first-order chi connectivity index (χ1) is 14.4. The average Bonchev–Trinajstić information content (AvgIpc) is 2.75. The molecule has 0 aliphatic rings. The van der Waals surface area contributed by atoms with E-state index < -0.39 is 11.8 Å². The van der Waals surface area contributed by atoms with Gasteiger partial charge in [0.15, 0.2) is 5.11 Å². The summed E-state index contributed by atoms with van der Waals surface area (Å²) < 4.78 is 10.7. The second-order valence-corrected chi connectivity index (χ2v) is 7.14. The number of hydrazine groups is 1. The Morgan fingerprint density at radius 3 is 2.23 bits per heavy atom. The third-order valence-corrected chi connectivity index (χ3v) is 3.97. The van der Waals surface area contributed by atoms with E-state index in [1.807, 2.05) is 12.1 Å². The minimum absolute atomic E-state index is 0.0235. The summed E-state index contributed by atoms with van der Waals surface area (Å²) in [4.78, 5) is 24.1. The van der Waals surface area contributed by atoms with Gasteiger partial charge >= 0.3 is 0 Å². The summed E-state index contributed by atoms with van der Waals surface area (Å²) in [5.74, 6) is 1.02. The maximum Gasteiger partial charge on any atom is 0.269 e. The van der Waals surface area contributed by atoms with Crippen LogP contribution < -0.4 is 25.6 Å². The zero-order valence-corrected chi connectivity index (χ0v) is 17.9. The summed E-state index contributed by atoms with van der Waals surface area (Å²) in [6, 6.07) is 14.0. The molecule has 0 saturated heterocycles. The molecule has 0 heterocycles. The molecule has 0 radical (unpaired) electrons. The normalized spacial score (nSPS) is 10.5. The number of nitrogens with one attached hydrogen (secondary N) is 3. The topological polar surface area (TPSA) is 88.7 Å². The lowest BCUT2D eigenvalue weighted by molar-refractivity contribution is -0.115. The van der Waals surface area contributed by atoms with Crippen LogP contribution in [0.15, 0.2) is 54.6 Å². The van der Waals surface area contributed by atoms with E-state index in [0.29, 0.717) is 23.8 Å².